The van der Waals surface area contributed by atoms with Crippen molar-refractivity contribution in [3.05, 3.63) is 70.0 Å². The number of aromatic nitrogens is 4. The van der Waals surface area contributed by atoms with Crippen LogP contribution in [0.2, 0.25) is 0 Å². The number of rotatable bonds is 4. The fraction of sp³-hybridized carbons (Fsp3) is 0.292. The summed E-state index contributed by atoms with van der Waals surface area (Å²) in [6.45, 7) is 3.02. The average Bonchev–Trinajstić information content (AvgIpc) is 3.38. The number of nitrogens with one attached hydrogen (secondary N) is 2. The molecule has 2 aromatic heterocycles. The number of nitrogens with zero attached hydrogens (tertiary/aromatic N) is 4. The summed E-state index contributed by atoms with van der Waals surface area (Å²) in [5.74, 6) is 0.615. The number of aryl methyl sites for hydroxylation is 1. The van der Waals surface area contributed by atoms with Gasteiger partial charge in [-0.05, 0) is 53.6 Å². The molecule has 1 unspecified atom stereocenters. The van der Waals surface area contributed by atoms with Crippen LogP contribution in [0.4, 0.5) is 10.6 Å². The van der Waals surface area contributed by atoms with Crippen LogP contribution in [-0.2, 0) is 11.8 Å². The fourth-order valence-corrected chi connectivity index (χ4v) is 4.73. The van der Waals surface area contributed by atoms with Gasteiger partial charge < -0.3 is 10.1 Å². The number of para-hydroxylation sites is 1. The molecule has 2 N–H and O–H groups in total. The fourth-order valence-electron chi connectivity index (χ4n) is 4.29. The SMILES string of the molecule is Cc1c(-c2cnn(C)c2)nn(-c2ccccc2)c1NC(=O)NC1COCC2=C1C=C(Br)CC2. The van der Waals surface area contributed by atoms with Crippen LogP contribution in [-0.4, -0.2) is 44.8 Å². The Bertz CT molecular complexity index is 1260. The van der Waals surface area contributed by atoms with Crippen LogP contribution < -0.4 is 10.6 Å². The van der Waals surface area contributed by atoms with Crippen LogP contribution in [0, 0.1) is 6.92 Å². The number of carbonyl (C=O) groups is 1. The maximum atomic E-state index is 13.1. The van der Waals surface area contributed by atoms with E-state index in [-0.39, 0.29) is 12.1 Å². The number of benzene rings is 1. The maximum absolute atomic E-state index is 13.1. The Morgan fingerprint density at radius 1 is 1.24 bits per heavy atom. The van der Waals surface area contributed by atoms with Crippen molar-refractivity contribution in [2.24, 2.45) is 7.05 Å². The molecule has 3 aromatic rings. The standard InChI is InChI=1S/C24H25BrN6O2/c1-15-22(17-11-26-30(2)12-17)29-31(19-6-4-3-5-7-19)23(15)28-24(32)27-21-14-33-13-16-8-9-18(25)10-20(16)21/h3-7,10-12,21H,8-9,13-14H2,1-2H3,(H2,27,28,32). The lowest BCUT2D eigenvalue weighted by atomic mass is 9.91. The highest BCUT2D eigenvalue weighted by Gasteiger charge is 2.27. The Morgan fingerprint density at radius 3 is 2.82 bits per heavy atom. The van der Waals surface area contributed by atoms with Crippen LogP contribution in [0.1, 0.15) is 18.4 Å². The van der Waals surface area contributed by atoms with Gasteiger partial charge >= 0.3 is 6.03 Å². The first kappa shape index (κ1) is 21.7. The number of carbonyl (C=O) groups excluding carboxylic acids is 1. The summed E-state index contributed by atoms with van der Waals surface area (Å²) >= 11 is 3.61. The molecule has 2 aliphatic rings. The van der Waals surface area contributed by atoms with E-state index in [1.54, 1.807) is 15.6 Å². The third-order valence-corrected chi connectivity index (χ3v) is 6.59. The number of amides is 2. The molecule has 0 spiro atoms. The number of hydrogen-bond acceptors (Lipinski definition) is 4. The number of halogens is 1. The Kier molecular flexibility index (Phi) is 5.90. The van der Waals surface area contributed by atoms with E-state index in [9.17, 15) is 4.79 Å². The molecule has 0 bridgehead atoms. The van der Waals surface area contributed by atoms with Gasteiger partial charge in [-0.1, -0.05) is 34.1 Å². The van der Waals surface area contributed by atoms with Crippen molar-refractivity contribution < 1.29 is 9.53 Å². The molecule has 0 fully saturated rings. The summed E-state index contributed by atoms with van der Waals surface area (Å²) in [7, 11) is 1.87. The second kappa shape index (κ2) is 8.99. The molecule has 0 saturated heterocycles. The number of hydrogen-bond donors (Lipinski definition) is 2. The monoisotopic (exact) mass is 508 g/mol. The number of urea groups is 1. The summed E-state index contributed by atoms with van der Waals surface area (Å²) in [5.41, 5.74) is 5.77. The van der Waals surface area contributed by atoms with Crippen molar-refractivity contribution in [2.75, 3.05) is 18.5 Å². The van der Waals surface area contributed by atoms with Gasteiger partial charge in [0.15, 0.2) is 0 Å². The van der Waals surface area contributed by atoms with Crippen LogP contribution >= 0.6 is 15.9 Å². The van der Waals surface area contributed by atoms with Crippen molar-refractivity contribution >= 4 is 27.8 Å². The Balaban J connectivity index is 1.45. The molecule has 1 aliphatic heterocycles. The van der Waals surface area contributed by atoms with Crippen molar-refractivity contribution in [3.8, 4) is 16.9 Å². The van der Waals surface area contributed by atoms with Gasteiger partial charge in [-0.2, -0.15) is 10.2 Å². The molecule has 0 saturated carbocycles. The molecule has 170 valence electrons. The van der Waals surface area contributed by atoms with Gasteiger partial charge in [0.1, 0.15) is 11.5 Å². The lowest BCUT2D eigenvalue weighted by molar-refractivity contribution is 0.125. The molecule has 2 amide bonds. The van der Waals surface area contributed by atoms with Gasteiger partial charge in [0.25, 0.3) is 0 Å². The number of anilines is 1. The molecular weight excluding hydrogens is 484 g/mol. The van der Waals surface area contributed by atoms with Crippen molar-refractivity contribution in [1.29, 1.82) is 0 Å². The van der Waals surface area contributed by atoms with Gasteiger partial charge in [0.2, 0.25) is 0 Å². The second-order valence-corrected chi connectivity index (χ2v) is 9.31. The van der Waals surface area contributed by atoms with Crippen molar-refractivity contribution in [3.63, 3.8) is 0 Å². The van der Waals surface area contributed by atoms with Gasteiger partial charge in [-0.15, -0.1) is 0 Å². The first-order valence-electron chi connectivity index (χ1n) is 10.9. The minimum Gasteiger partial charge on any atom is -0.375 e. The summed E-state index contributed by atoms with van der Waals surface area (Å²) in [5, 5.41) is 15.2. The third kappa shape index (κ3) is 4.38. The van der Waals surface area contributed by atoms with E-state index in [1.165, 1.54) is 5.57 Å². The molecule has 1 atom stereocenters. The Hall–Kier alpha value is -3.17. The van der Waals surface area contributed by atoms with Gasteiger partial charge in [0.05, 0.1) is 31.1 Å². The van der Waals surface area contributed by atoms with Crippen LogP contribution in [0.3, 0.4) is 0 Å². The summed E-state index contributed by atoms with van der Waals surface area (Å²) < 4.78 is 10.4. The average molecular weight is 509 g/mol. The van der Waals surface area contributed by atoms with E-state index in [4.69, 9.17) is 9.84 Å². The Morgan fingerprint density at radius 2 is 2.06 bits per heavy atom. The highest BCUT2D eigenvalue weighted by Crippen LogP contribution is 2.33. The molecule has 9 heteroatoms. The first-order chi connectivity index (χ1) is 16.0. The maximum Gasteiger partial charge on any atom is 0.320 e. The molecule has 8 nitrogen and oxygen atoms in total. The minimum atomic E-state index is -0.301. The van der Waals surface area contributed by atoms with E-state index in [0.29, 0.717) is 19.0 Å². The number of allylic oxidation sites excluding steroid dienone is 1. The zero-order chi connectivity index (χ0) is 22.9. The minimum absolute atomic E-state index is 0.201. The van der Waals surface area contributed by atoms with Crippen LogP contribution in [0.25, 0.3) is 16.9 Å². The highest BCUT2D eigenvalue weighted by molar-refractivity contribution is 9.11. The lowest BCUT2D eigenvalue weighted by Crippen LogP contribution is -2.44. The quantitative estimate of drug-likeness (QED) is 0.544. The summed E-state index contributed by atoms with van der Waals surface area (Å²) in [6, 6.07) is 9.25. The van der Waals surface area contributed by atoms with Crippen LogP contribution in [0.15, 0.2) is 64.4 Å². The molecular formula is C24H25BrN6O2. The predicted molar refractivity (Wildman–Crippen MR) is 131 cm³/mol. The van der Waals surface area contributed by atoms with Gasteiger partial charge in [0, 0.05) is 24.4 Å². The molecule has 0 radical (unpaired) electrons. The molecule has 33 heavy (non-hydrogen) atoms. The molecule has 1 aliphatic carbocycles. The topological polar surface area (TPSA) is 86.0 Å². The zero-order valence-electron chi connectivity index (χ0n) is 18.5. The zero-order valence-corrected chi connectivity index (χ0v) is 20.1. The van der Waals surface area contributed by atoms with E-state index < -0.39 is 0 Å². The largest absolute Gasteiger partial charge is 0.375 e. The smallest absolute Gasteiger partial charge is 0.320 e. The molecule has 1 aromatic carbocycles. The predicted octanol–water partition coefficient (Wildman–Crippen LogP) is 4.47. The van der Waals surface area contributed by atoms with Gasteiger partial charge in [-0.25, -0.2) is 9.48 Å². The highest BCUT2D eigenvalue weighted by atomic mass is 79.9. The van der Waals surface area contributed by atoms with Crippen LogP contribution in [0.5, 0.6) is 0 Å². The Labute approximate surface area is 200 Å². The first-order valence-corrected chi connectivity index (χ1v) is 11.7. The molecule has 5 rings (SSSR count). The third-order valence-electron chi connectivity index (χ3n) is 5.96. The summed E-state index contributed by atoms with van der Waals surface area (Å²) in [6.07, 6.45) is 7.71. The van der Waals surface area contributed by atoms with Gasteiger partial charge in [-0.3, -0.25) is 10.00 Å². The van der Waals surface area contributed by atoms with Crippen molar-refractivity contribution in [1.82, 2.24) is 24.9 Å². The lowest BCUT2D eigenvalue weighted by Gasteiger charge is -2.30. The number of ether oxygens (including phenoxy) is 1. The molecule has 3 heterocycles. The van der Waals surface area contributed by atoms with Crippen molar-refractivity contribution in [2.45, 2.75) is 25.8 Å². The van der Waals surface area contributed by atoms with E-state index >= 15 is 0 Å². The van der Waals surface area contributed by atoms with E-state index in [1.807, 2.05) is 50.5 Å². The van der Waals surface area contributed by atoms with E-state index in [0.717, 1.165) is 45.4 Å². The summed E-state index contributed by atoms with van der Waals surface area (Å²) in [4.78, 5) is 13.1. The van der Waals surface area contributed by atoms with E-state index in [2.05, 4.69) is 37.7 Å². The normalized spacial score (nSPS) is 18.0. The second-order valence-electron chi connectivity index (χ2n) is 8.29.